The van der Waals surface area contributed by atoms with E-state index in [9.17, 15) is 4.79 Å². The summed E-state index contributed by atoms with van der Waals surface area (Å²) in [5, 5.41) is 0. The topological polar surface area (TPSA) is 38.8 Å². The van der Waals surface area contributed by atoms with Crippen molar-refractivity contribution in [3.8, 4) is 0 Å². The van der Waals surface area contributed by atoms with Gasteiger partial charge < -0.3 is 9.47 Å². The number of nitrogens with zero attached hydrogens (tertiary/aromatic N) is 1. The number of benzene rings is 1. The molecule has 3 rings (SSSR count). The Hall–Kier alpha value is -1.81. The van der Waals surface area contributed by atoms with Crippen molar-refractivity contribution in [2.24, 2.45) is 5.41 Å². The molecule has 2 unspecified atom stereocenters. The molecule has 0 radical (unpaired) electrons. The Morgan fingerprint density at radius 3 is 2.67 bits per heavy atom. The third kappa shape index (κ3) is 4.18. The lowest BCUT2D eigenvalue weighted by atomic mass is 9.82. The maximum absolute atomic E-state index is 12.6. The van der Waals surface area contributed by atoms with Crippen molar-refractivity contribution in [1.29, 1.82) is 0 Å². The van der Waals surface area contributed by atoms with E-state index in [0.29, 0.717) is 19.8 Å². The molecule has 2 bridgehead atoms. The highest BCUT2D eigenvalue weighted by Gasteiger charge is 2.39. The first-order valence-electron chi connectivity index (χ1n) is 8.69. The van der Waals surface area contributed by atoms with Gasteiger partial charge in [-0.2, -0.15) is 0 Å². The minimum Gasteiger partial charge on any atom is -0.445 e. The first kappa shape index (κ1) is 17.0. The smallest absolute Gasteiger partial charge is 0.411 e. The highest BCUT2D eigenvalue weighted by molar-refractivity contribution is 5.69. The summed E-state index contributed by atoms with van der Waals surface area (Å²) in [5.74, 6) is 0. The normalized spacial score (nSPS) is 23.6. The van der Waals surface area contributed by atoms with Gasteiger partial charge in [-0.15, -0.1) is 0 Å². The lowest BCUT2D eigenvalue weighted by molar-refractivity contribution is -0.0379. The molecule has 1 saturated heterocycles. The predicted octanol–water partition coefficient (Wildman–Crippen LogP) is 4.16. The van der Waals surface area contributed by atoms with Crippen molar-refractivity contribution >= 4 is 6.09 Å². The zero-order valence-corrected chi connectivity index (χ0v) is 14.8. The number of carbonyl (C=O) groups is 1. The molecule has 1 amide bonds. The molecule has 1 fully saturated rings. The summed E-state index contributed by atoms with van der Waals surface area (Å²) in [7, 11) is 0. The molecule has 2 aliphatic heterocycles. The van der Waals surface area contributed by atoms with Gasteiger partial charge in [0, 0.05) is 0 Å². The number of fused-ring (bicyclic) bond motifs is 2. The molecule has 24 heavy (non-hydrogen) atoms. The first-order valence-corrected chi connectivity index (χ1v) is 8.69. The average Bonchev–Trinajstić information content (AvgIpc) is 2.51. The summed E-state index contributed by atoms with van der Waals surface area (Å²) in [6.45, 7) is 8.22. The molecule has 1 aromatic carbocycles. The number of hydrogen-bond acceptors (Lipinski definition) is 3. The van der Waals surface area contributed by atoms with Gasteiger partial charge in [-0.25, -0.2) is 4.79 Å². The summed E-state index contributed by atoms with van der Waals surface area (Å²) in [5.41, 5.74) is 2.71. The average molecular weight is 329 g/mol. The second kappa shape index (κ2) is 6.98. The van der Waals surface area contributed by atoms with Crippen LogP contribution < -0.4 is 0 Å². The number of carbonyl (C=O) groups excluding carboxylic acids is 1. The Morgan fingerprint density at radius 2 is 2.00 bits per heavy atom. The van der Waals surface area contributed by atoms with E-state index in [-0.39, 0.29) is 23.6 Å². The van der Waals surface area contributed by atoms with E-state index >= 15 is 0 Å². The molecule has 0 saturated carbocycles. The Kier molecular flexibility index (Phi) is 4.95. The number of rotatable bonds is 3. The van der Waals surface area contributed by atoms with Crippen LogP contribution in [0.3, 0.4) is 0 Å². The van der Waals surface area contributed by atoms with Gasteiger partial charge in [0.15, 0.2) is 0 Å². The van der Waals surface area contributed by atoms with Gasteiger partial charge in [-0.1, -0.05) is 62.8 Å². The molecule has 0 aromatic heterocycles. The molecule has 0 spiro atoms. The van der Waals surface area contributed by atoms with Crippen LogP contribution in [0.1, 0.15) is 39.2 Å². The number of hydrogen-bond donors (Lipinski definition) is 0. The monoisotopic (exact) mass is 329 g/mol. The first-order chi connectivity index (χ1) is 11.4. The van der Waals surface area contributed by atoms with Gasteiger partial charge in [0.05, 0.1) is 25.3 Å². The quantitative estimate of drug-likeness (QED) is 0.782. The van der Waals surface area contributed by atoms with Gasteiger partial charge in [0.2, 0.25) is 0 Å². The van der Waals surface area contributed by atoms with Crippen LogP contribution in [0.4, 0.5) is 4.79 Å². The summed E-state index contributed by atoms with van der Waals surface area (Å²) in [6, 6.07) is 9.89. The molecular formula is C20H27NO3. The predicted molar refractivity (Wildman–Crippen MR) is 93.6 cm³/mol. The summed E-state index contributed by atoms with van der Waals surface area (Å²) < 4.78 is 11.2. The van der Waals surface area contributed by atoms with Gasteiger partial charge in [-0.3, -0.25) is 4.90 Å². The van der Waals surface area contributed by atoms with Crippen LogP contribution >= 0.6 is 0 Å². The van der Waals surface area contributed by atoms with Crippen LogP contribution in [-0.2, 0) is 16.1 Å². The third-order valence-corrected chi connectivity index (χ3v) is 4.45. The zero-order valence-electron chi connectivity index (χ0n) is 14.8. The Labute approximate surface area is 144 Å². The fourth-order valence-electron chi connectivity index (χ4n) is 3.58. The van der Waals surface area contributed by atoms with E-state index in [4.69, 9.17) is 9.47 Å². The zero-order chi connectivity index (χ0) is 17.2. The SMILES string of the molecule is CC(C)(C)CC1=CC2COCC(C1)N2C(=O)OCc1ccccc1. The molecule has 4 nitrogen and oxygen atoms in total. The lowest BCUT2D eigenvalue weighted by Crippen LogP contribution is -2.56. The lowest BCUT2D eigenvalue weighted by Gasteiger charge is -2.44. The second-order valence-electron chi connectivity index (χ2n) is 7.97. The highest BCUT2D eigenvalue weighted by Crippen LogP contribution is 2.34. The van der Waals surface area contributed by atoms with Crippen molar-refractivity contribution in [1.82, 2.24) is 4.90 Å². The Morgan fingerprint density at radius 1 is 1.25 bits per heavy atom. The maximum Gasteiger partial charge on any atom is 0.411 e. The van der Waals surface area contributed by atoms with E-state index in [1.807, 2.05) is 35.2 Å². The minimum absolute atomic E-state index is 0.00174. The van der Waals surface area contributed by atoms with Crippen LogP contribution in [0.25, 0.3) is 0 Å². The molecule has 2 heterocycles. The molecule has 0 N–H and O–H groups in total. The van der Waals surface area contributed by atoms with Gasteiger partial charge >= 0.3 is 6.09 Å². The third-order valence-electron chi connectivity index (χ3n) is 4.45. The molecule has 130 valence electrons. The fraction of sp³-hybridized carbons (Fsp3) is 0.550. The van der Waals surface area contributed by atoms with Crippen molar-refractivity contribution in [2.75, 3.05) is 13.2 Å². The van der Waals surface area contributed by atoms with Gasteiger partial charge in [0.25, 0.3) is 0 Å². The molecule has 4 heteroatoms. The standard InChI is InChI=1S/C20H27NO3/c1-20(2,3)11-16-9-17-13-23-14-18(10-16)21(17)19(22)24-12-15-7-5-4-6-8-15/h4-9,17-18H,10-14H2,1-3H3. The number of ether oxygens (including phenoxy) is 2. The van der Waals surface area contributed by atoms with Crippen molar-refractivity contribution in [3.63, 3.8) is 0 Å². The van der Waals surface area contributed by atoms with E-state index in [1.165, 1.54) is 5.57 Å². The van der Waals surface area contributed by atoms with E-state index in [0.717, 1.165) is 18.4 Å². The number of amides is 1. The number of morpholine rings is 1. The Balaban J connectivity index is 1.66. The van der Waals surface area contributed by atoms with E-state index < -0.39 is 0 Å². The van der Waals surface area contributed by atoms with E-state index in [2.05, 4.69) is 26.8 Å². The summed E-state index contributed by atoms with van der Waals surface area (Å²) in [4.78, 5) is 14.5. The highest BCUT2D eigenvalue weighted by atomic mass is 16.6. The summed E-state index contributed by atoms with van der Waals surface area (Å²) >= 11 is 0. The van der Waals surface area contributed by atoms with Crippen LogP contribution in [0.15, 0.2) is 42.0 Å². The van der Waals surface area contributed by atoms with E-state index in [1.54, 1.807) is 0 Å². The van der Waals surface area contributed by atoms with Crippen molar-refractivity contribution in [3.05, 3.63) is 47.5 Å². The molecule has 0 aliphatic carbocycles. The second-order valence-corrected chi connectivity index (χ2v) is 7.97. The molecule has 2 aliphatic rings. The molecular weight excluding hydrogens is 302 g/mol. The van der Waals surface area contributed by atoms with Gasteiger partial charge in [0.1, 0.15) is 6.61 Å². The molecule has 1 aromatic rings. The Bertz CT molecular complexity index is 603. The van der Waals surface area contributed by atoms with Gasteiger partial charge in [-0.05, 0) is 23.8 Å². The van der Waals surface area contributed by atoms with Crippen LogP contribution in [0.2, 0.25) is 0 Å². The summed E-state index contributed by atoms with van der Waals surface area (Å²) in [6.07, 6.45) is 3.93. The largest absolute Gasteiger partial charge is 0.445 e. The van der Waals surface area contributed by atoms with Crippen LogP contribution in [0, 0.1) is 5.41 Å². The van der Waals surface area contributed by atoms with Crippen molar-refractivity contribution in [2.45, 2.75) is 52.3 Å². The molecule has 2 atom stereocenters. The van der Waals surface area contributed by atoms with Crippen LogP contribution in [-0.4, -0.2) is 36.3 Å². The van der Waals surface area contributed by atoms with Crippen LogP contribution in [0.5, 0.6) is 0 Å². The fourth-order valence-corrected chi connectivity index (χ4v) is 3.58. The minimum atomic E-state index is -0.233. The maximum atomic E-state index is 12.6. The van der Waals surface area contributed by atoms with Crippen molar-refractivity contribution < 1.29 is 14.3 Å².